The molecule has 4 heteroatoms. The third-order valence-electron chi connectivity index (χ3n) is 5.77. The van der Waals surface area contributed by atoms with Crippen molar-refractivity contribution in [3.05, 3.63) is 23.3 Å². The third-order valence-corrected chi connectivity index (χ3v) is 5.77. The number of aliphatic hydroxyl groups is 1. The molecule has 0 radical (unpaired) electrons. The van der Waals surface area contributed by atoms with Crippen molar-refractivity contribution in [2.75, 3.05) is 34.9 Å². The van der Waals surface area contributed by atoms with E-state index in [0.717, 1.165) is 50.1 Å². The van der Waals surface area contributed by atoms with E-state index in [2.05, 4.69) is 31.1 Å². The molecule has 1 atom stereocenters. The van der Waals surface area contributed by atoms with Gasteiger partial charge in [-0.15, -0.1) is 0 Å². The van der Waals surface area contributed by atoms with Crippen molar-refractivity contribution in [2.45, 2.75) is 49.5 Å². The highest BCUT2D eigenvalue weighted by molar-refractivity contribution is 5.57. The van der Waals surface area contributed by atoms with Gasteiger partial charge in [0.15, 0.2) is 11.5 Å². The first-order chi connectivity index (χ1) is 11.0. The lowest BCUT2D eigenvalue weighted by molar-refractivity contribution is -0.0870. The van der Waals surface area contributed by atoms with Crippen LogP contribution in [0.2, 0.25) is 0 Å². The Hall–Kier alpha value is -1.26. The highest BCUT2D eigenvalue weighted by atomic mass is 16.5. The molecule has 0 aliphatic heterocycles. The van der Waals surface area contributed by atoms with E-state index in [9.17, 15) is 5.11 Å². The molecule has 1 fully saturated rings. The van der Waals surface area contributed by atoms with Crippen LogP contribution in [0.1, 0.15) is 43.2 Å². The lowest BCUT2D eigenvalue weighted by atomic mass is 9.52. The standard InChI is InChI=1S/C19H29NO3/c1-20(2)13-18(19(21)8-6-5-7-9-19)12-14-10-16(22-3)17(23-4)11-15(14)18/h10-11,21H,5-9,12-13H2,1-4H3. The molecule has 1 saturated carbocycles. The molecule has 0 spiro atoms. The highest BCUT2D eigenvalue weighted by Crippen LogP contribution is 2.55. The predicted octanol–water partition coefficient (Wildman–Crippen LogP) is 2.75. The molecule has 0 bridgehead atoms. The molecule has 2 aliphatic carbocycles. The summed E-state index contributed by atoms with van der Waals surface area (Å²) in [6.07, 6.45) is 6.18. The molecule has 0 heterocycles. The van der Waals surface area contributed by atoms with Gasteiger partial charge in [-0.3, -0.25) is 0 Å². The number of likely N-dealkylation sites (N-methyl/N-ethyl adjacent to an activating group) is 1. The zero-order valence-corrected chi connectivity index (χ0v) is 14.8. The van der Waals surface area contributed by atoms with Crippen LogP contribution in [0.25, 0.3) is 0 Å². The Bertz CT molecular complexity index is 578. The maximum atomic E-state index is 11.5. The fourth-order valence-corrected chi connectivity index (χ4v) is 4.68. The molecule has 23 heavy (non-hydrogen) atoms. The zero-order valence-electron chi connectivity index (χ0n) is 14.8. The van der Waals surface area contributed by atoms with Crippen molar-refractivity contribution in [3.63, 3.8) is 0 Å². The van der Waals surface area contributed by atoms with E-state index in [1.54, 1.807) is 14.2 Å². The minimum atomic E-state index is -0.609. The smallest absolute Gasteiger partial charge is 0.161 e. The quantitative estimate of drug-likeness (QED) is 0.906. The molecular formula is C19H29NO3. The molecule has 1 aromatic carbocycles. The molecule has 0 amide bonds. The van der Waals surface area contributed by atoms with E-state index in [4.69, 9.17) is 9.47 Å². The van der Waals surface area contributed by atoms with Crippen molar-refractivity contribution in [2.24, 2.45) is 0 Å². The van der Waals surface area contributed by atoms with Crippen LogP contribution >= 0.6 is 0 Å². The van der Waals surface area contributed by atoms with Crippen molar-refractivity contribution >= 4 is 0 Å². The monoisotopic (exact) mass is 319 g/mol. The summed E-state index contributed by atoms with van der Waals surface area (Å²) in [5.41, 5.74) is 1.73. The summed E-state index contributed by atoms with van der Waals surface area (Å²) >= 11 is 0. The molecule has 0 saturated heterocycles. The minimum Gasteiger partial charge on any atom is -0.493 e. The number of benzene rings is 1. The number of rotatable bonds is 5. The number of nitrogens with zero attached hydrogens (tertiary/aromatic N) is 1. The molecule has 128 valence electrons. The molecule has 1 aromatic rings. The van der Waals surface area contributed by atoms with Gasteiger partial charge in [0.2, 0.25) is 0 Å². The van der Waals surface area contributed by atoms with Crippen LogP contribution in [-0.4, -0.2) is 50.5 Å². The van der Waals surface area contributed by atoms with E-state index in [1.807, 2.05) is 0 Å². The second kappa shape index (κ2) is 5.99. The average molecular weight is 319 g/mol. The maximum Gasteiger partial charge on any atom is 0.161 e. The number of ether oxygens (including phenoxy) is 2. The minimum absolute atomic E-state index is 0.189. The molecule has 3 rings (SSSR count). The van der Waals surface area contributed by atoms with E-state index >= 15 is 0 Å². The van der Waals surface area contributed by atoms with Crippen molar-refractivity contribution in [3.8, 4) is 11.5 Å². The van der Waals surface area contributed by atoms with Crippen molar-refractivity contribution in [1.82, 2.24) is 4.90 Å². The van der Waals surface area contributed by atoms with Crippen molar-refractivity contribution < 1.29 is 14.6 Å². The molecule has 0 aromatic heterocycles. The van der Waals surface area contributed by atoms with Gasteiger partial charge in [0.25, 0.3) is 0 Å². The van der Waals surface area contributed by atoms with Gasteiger partial charge in [-0.2, -0.15) is 0 Å². The topological polar surface area (TPSA) is 41.9 Å². The van der Waals surface area contributed by atoms with Gasteiger partial charge in [0, 0.05) is 12.0 Å². The van der Waals surface area contributed by atoms with Crippen LogP contribution in [-0.2, 0) is 11.8 Å². The molecule has 1 unspecified atom stereocenters. The van der Waals surface area contributed by atoms with Gasteiger partial charge < -0.3 is 19.5 Å². The SMILES string of the molecule is COc1cc2c(cc1OC)C(CN(C)C)(C1(O)CCCCC1)C2. The zero-order chi connectivity index (χ0) is 16.7. The Labute approximate surface area is 139 Å². The highest BCUT2D eigenvalue weighted by Gasteiger charge is 2.57. The van der Waals surface area contributed by atoms with Gasteiger partial charge in [0.1, 0.15) is 0 Å². The Balaban J connectivity index is 2.06. The first-order valence-corrected chi connectivity index (χ1v) is 8.58. The van der Waals surface area contributed by atoms with Gasteiger partial charge in [-0.05, 0) is 56.6 Å². The van der Waals surface area contributed by atoms with Gasteiger partial charge >= 0.3 is 0 Å². The summed E-state index contributed by atoms with van der Waals surface area (Å²) in [6, 6.07) is 4.17. The van der Waals surface area contributed by atoms with Gasteiger partial charge in [-0.1, -0.05) is 19.3 Å². The van der Waals surface area contributed by atoms with Crippen LogP contribution in [0, 0.1) is 0 Å². The molecular weight excluding hydrogens is 290 g/mol. The number of methoxy groups -OCH3 is 2. The first-order valence-electron chi connectivity index (χ1n) is 8.58. The normalized spacial score (nSPS) is 25.7. The Morgan fingerprint density at radius 1 is 1.04 bits per heavy atom. The molecule has 2 aliphatic rings. The summed E-state index contributed by atoms with van der Waals surface area (Å²) in [4.78, 5) is 2.20. The van der Waals surface area contributed by atoms with Crippen LogP contribution in [0.5, 0.6) is 11.5 Å². The largest absolute Gasteiger partial charge is 0.493 e. The summed E-state index contributed by atoms with van der Waals surface area (Å²) in [5.74, 6) is 1.54. The summed E-state index contributed by atoms with van der Waals surface area (Å²) in [5, 5.41) is 11.5. The predicted molar refractivity (Wildman–Crippen MR) is 91.5 cm³/mol. The summed E-state index contributed by atoms with van der Waals surface area (Å²) in [7, 11) is 7.52. The number of hydrogen-bond acceptors (Lipinski definition) is 4. The molecule has 1 N–H and O–H groups in total. The number of hydrogen-bond donors (Lipinski definition) is 1. The fraction of sp³-hybridized carbons (Fsp3) is 0.684. The Morgan fingerprint density at radius 3 is 2.22 bits per heavy atom. The van der Waals surface area contributed by atoms with E-state index in [1.165, 1.54) is 17.5 Å². The first kappa shape index (κ1) is 16.6. The summed E-state index contributed by atoms with van der Waals surface area (Å²) in [6.45, 7) is 0.867. The van der Waals surface area contributed by atoms with Crippen LogP contribution in [0.3, 0.4) is 0 Å². The van der Waals surface area contributed by atoms with E-state index < -0.39 is 5.60 Å². The lowest BCUT2D eigenvalue weighted by Gasteiger charge is -2.57. The van der Waals surface area contributed by atoms with Crippen LogP contribution in [0.4, 0.5) is 0 Å². The van der Waals surface area contributed by atoms with Crippen LogP contribution in [0.15, 0.2) is 12.1 Å². The van der Waals surface area contributed by atoms with Gasteiger partial charge in [-0.25, -0.2) is 0 Å². The second-order valence-electron chi connectivity index (χ2n) is 7.45. The maximum absolute atomic E-state index is 11.5. The number of fused-ring (bicyclic) bond motifs is 1. The lowest BCUT2D eigenvalue weighted by Crippen LogP contribution is -2.63. The summed E-state index contributed by atoms with van der Waals surface area (Å²) < 4.78 is 10.9. The second-order valence-corrected chi connectivity index (χ2v) is 7.45. The molecule has 4 nitrogen and oxygen atoms in total. The third kappa shape index (κ3) is 2.52. The average Bonchev–Trinajstić information content (AvgIpc) is 2.52. The van der Waals surface area contributed by atoms with Crippen LogP contribution < -0.4 is 9.47 Å². The Morgan fingerprint density at radius 2 is 1.65 bits per heavy atom. The Kier molecular flexibility index (Phi) is 4.32. The van der Waals surface area contributed by atoms with Crippen molar-refractivity contribution in [1.29, 1.82) is 0 Å². The van der Waals surface area contributed by atoms with Gasteiger partial charge in [0.05, 0.1) is 19.8 Å². The van der Waals surface area contributed by atoms with E-state index in [0.29, 0.717) is 0 Å². The fourth-order valence-electron chi connectivity index (χ4n) is 4.68. The van der Waals surface area contributed by atoms with E-state index in [-0.39, 0.29) is 5.41 Å².